The maximum Gasteiger partial charge on any atom is 0.131 e. The highest BCUT2D eigenvalue weighted by Gasteiger charge is 2.30. The van der Waals surface area contributed by atoms with Gasteiger partial charge >= 0.3 is 0 Å². The van der Waals surface area contributed by atoms with Gasteiger partial charge < -0.3 is 10.2 Å². The minimum atomic E-state index is 0.615. The van der Waals surface area contributed by atoms with Gasteiger partial charge in [0.15, 0.2) is 0 Å². The predicted molar refractivity (Wildman–Crippen MR) is 69.0 cm³/mol. The second-order valence-corrected chi connectivity index (χ2v) is 4.53. The molecular weight excluding hydrogens is 198 g/mol. The molecule has 0 aromatic carbocycles. The van der Waals surface area contributed by atoms with E-state index in [0.717, 1.165) is 11.6 Å². The van der Waals surface area contributed by atoms with Gasteiger partial charge in [-0.05, 0) is 38.3 Å². The van der Waals surface area contributed by atoms with Crippen molar-refractivity contribution in [2.45, 2.75) is 45.2 Å². The van der Waals surface area contributed by atoms with Crippen LogP contribution in [0.3, 0.4) is 0 Å². The number of nitrogens with one attached hydrogen (secondary N) is 1. The topological polar surface area (TPSA) is 28.2 Å². The first kappa shape index (κ1) is 11.2. The zero-order chi connectivity index (χ0) is 11.5. The number of aromatic nitrogens is 1. The van der Waals surface area contributed by atoms with Crippen LogP contribution in [0.25, 0.3) is 0 Å². The highest BCUT2D eigenvalue weighted by atomic mass is 15.3. The number of anilines is 2. The molecule has 1 N–H and O–H groups in total. The average molecular weight is 219 g/mol. The lowest BCUT2D eigenvalue weighted by atomic mass is 10.1. The van der Waals surface area contributed by atoms with Crippen LogP contribution in [0.15, 0.2) is 18.2 Å². The van der Waals surface area contributed by atoms with Gasteiger partial charge in [-0.2, -0.15) is 0 Å². The summed E-state index contributed by atoms with van der Waals surface area (Å²) in [6, 6.07) is 7.47. The van der Waals surface area contributed by atoms with Crippen LogP contribution >= 0.6 is 0 Å². The molecule has 1 aromatic rings. The monoisotopic (exact) mass is 219 g/mol. The second-order valence-electron chi connectivity index (χ2n) is 4.53. The lowest BCUT2D eigenvalue weighted by molar-refractivity contribution is 0.621. The largest absolute Gasteiger partial charge is 0.373 e. The number of nitrogens with zero attached hydrogens (tertiary/aromatic N) is 2. The average Bonchev–Trinajstić information content (AvgIpc) is 2.70. The molecule has 2 rings (SSSR count). The molecule has 0 spiro atoms. The van der Waals surface area contributed by atoms with Crippen molar-refractivity contribution < 1.29 is 0 Å². The Labute approximate surface area is 97.9 Å². The van der Waals surface area contributed by atoms with Crippen molar-refractivity contribution >= 4 is 11.6 Å². The smallest absolute Gasteiger partial charge is 0.131 e. The normalized spacial score (nSPS) is 24.8. The van der Waals surface area contributed by atoms with Crippen molar-refractivity contribution in [3.05, 3.63) is 18.2 Å². The Kier molecular flexibility index (Phi) is 3.32. The fourth-order valence-corrected chi connectivity index (χ4v) is 2.59. The summed E-state index contributed by atoms with van der Waals surface area (Å²) in [5, 5.41) is 3.10. The molecule has 88 valence electrons. The first-order chi connectivity index (χ1) is 7.76. The minimum absolute atomic E-state index is 0.615. The van der Waals surface area contributed by atoms with E-state index in [9.17, 15) is 0 Å². The van der Waals surface area contributed by atoms with Crippen LogP contribution in [0.1, 0.15) is 33.1 Å². The third kappa shape index (κ3) is 1.99. The molecule has 0 aliphatic carbocycles. The van der Waals surface area contributed by atoms with Gasteiger partial charge in [0.2, 0.25) is 0 Å². The van der Waals surface area contributed by atoms with E-state index in [2.05, 4.69) is 41.2 Å². The Hall–Kier alpha value is -1.25. The Morgan fingerprint density at radius 1 is 1.44 bits per heavy atom. The van der Waals surface area contributed by atoms with Gasteiger partial charge in [0, 0.05) is 19.1 Å². The summed E-state index contributed by atoms with van der Waals surface area (Å²) in [6.07, 6.45) is 3.78. The van der Waals surface area contributed by atoms with Crippen LogP contribution in [0.5, 0.6) is 0 Å². The summed E-state index contributed by atoms with van der Waals surface area (Å²) < 4.78 is 0. The highest BCUT2D eigenvalue weighted by Crippen LogP contribution is 2.31. The summed E-state index contributed by atoms with van der Waals surface area (Å²) in [5.41, 5.74) is 0. The van der Waals surface area contributed by atoms with Crippen molar-refractivity contribution in [2.24, 2.45) is 0 Å². The van der Waals surface area contributed by atoms with E-state index in [-0.39, 0.29) is 0 Å². The first-order valence-corrected chi connectivity index (χ1v) is 6.19. The third-order valence-corrected chi connectivity index (χ3v) is 3.51. The molecule has 1 aliphatic rings. The molecule has 16 heavy (non-hydrogen) atoms. The van der Waals surface area contributed by atoms with E-state index in [1.165, 1.54) is 19.3 Å². The quantitative estimate of drug-likeness (QED) is 0.847. The predicted octanol–water partition coefficient (Wildman–Crippen LogP) is 2.89. The van der Waals surface area contributed by atoms with Crippen LogP contribution in [-0.4, -0.2) is 24.1 Å². The van der Waals surface area contributed by atoms with Gasteiger partial charge in [-0.1, -0.05) is 13.0 Å². The highest BCUT2D eigenvalue weighted by molar-refractivity contribution is 5.49. The van der Waals surface area contributed by atoms with Crippen molar-refractivity contribution in [2.75, 3.05) is 17.3 Å². The number of pyridine rings is 1. The number of rotatable bonds is 3. The van der Waals surface area contributed by atoms with Gasteiger partial charge in [0.05, 0.1) is 0 Å². The van der Waals surface area contributed by atoms with E-state index >= 15 is 0 Å². The minimum Gasteiger partial charge on any atom is -0.373 e. The molecule has 0 bridgehead atoms. The fourth-order valence-electron chi connectivity index (χ4n) is 2.59. The van der Waals surface area contributed by atoms with E-state index in [1.807, 2.05) is 13.1 Å². The van der Waals surface area contributed by atoms with E-state index in [0.29, 0.717) is 12.1 Å². The maximum atomic E-state index is 4.64. The summed E-state index contributed by atoms with van der Waals surface area (Å²) in [7, 11) is 1.91. The molecule has 3 nitrogen and oxygen atoms in total. The molecule has 0 saturated carbocycles. The zero-order valence-corrected chi connectivity index (χ0v) is 10.4. The molecular formula is C13H21N3. The molecule has 1 saturated heterocycles. The molecule has 2 atom stereocenters. The molecule has 1 aliphatic heterocycles. The van der Waals surface area contributed by atoms with Crippen molar-refractivity contribution in [3.8, 4) is 0 Å². The molecule has 0 amide bonds. The van der Waals surface area contributed by atoms with E-state index < -0.39 is 0 Å². The number of hydrogen-bond acceptors (Lipinski definition) is 3. The van der Waals surface area contributed by atoms with Crippen LogP contribution < -0.4 is 10.2 Å². The van der Waals surface area contributed by atoms with Crippen LogP contribution in [0, 0.1) is 0 Å². The van der Waals surface area contributed by atoms with Crippen LogP contribution in [0.4, 0.5) is 11.6 Å². The maximum absolute atomic E-state index is 4.64. The Balaban J connectivity index is 2.27. The van der Waals surface area contributed by atoms with Gasteiger partial charge in [-0.15, -0.1) is 0 Å². The lowest BCUT2D eigenvalue weighted by Crippen LogP contribution is -2.34. The molecule has 1 aromatic heterocycles. The zero-order valence-electron chi connectivity index (χ0n) is 10.4. The Morgan fingerprint density at radius 3 is 2.94 bits per heavy atom. The molecule has 3 heteroatoms. The molecule has 2 heterocycles. The van der Waals surface area contributed by atoms with E-state index in [1.54, 1.807) is 0 Å². The SMILES string of the molecule is CCC1CCC(C)N1c1cccc(NC)n1. The second kappa shape index (κ2) is 4.73. The molecule has 1 fully saturated rings. The number of hydrogen-bond donors (Lipinski definition) is 1. The Morgan fingerprint density at radius 2 is 2.25 bits per heavy atom. The van der Waals surface area contributed by atoms with E-state index in [4.69, 9.17) is 0 Å². The van der Waals surface area contributed by atoms with Gasteiger partial charge in [-0.3, -0.25) is 0 Å². The summed E-state index contributed by atoms with van der Waals surface area (Å²) in [4.78, 5) is 7.11. The molecule has 0 radical (unpaired) electrons. The lowest BCUT2D eigenvalue weighted by Gasteiger charge is -2.29. The van der Waals surface area contributed by atoms with Crippen molar-refractivity contribution in [1.82, 2.24) is 4.98 Å². The van der Waals surface area contributed by atoms with Crippen molar-refractivity contribution in [1.29, 1.82) is 0 Å². The standard InChI is InChI=1S/C13H21N3/c1-4-11-9-8-10(2)16(11)13-7-5-6-12(14-3)15-13/h5-7,10-11H,4,8-9H2,1-3H3,(H,14,15). The Bertz CT molecular complexity index is 351. The molecule has 2 unspecified atom stereocenters. The summed E-state index contributed by atoms with van der Waals surface area (Å²) in [5.74, 6) is 2.06. The van der Waals surface area contributed by atoms with Crippen molar-refractivity contribution in [3.63, 3.8) is 0 Å². The third-order valence-electron chi connectivity index (χ3n) is 3.51. The van der Waals surface area contributed by atoms with Gasteiger partial charge in [0.1, 0.15) is 11.6 Å². The summed E-state index contributed by atoms with van der Waals surface area (Å²) >= 11 is 0. The van der Waals surface area contributed by atoms with Gasteiger partial charge in [0.25, 0.3) is 0 Å². The summed E-state index contributed by atoms with van der Waals surface area (Å²) in [6.45, 7) is 4.56. The van der Waals surface area contributed by atoms with Crippen LogP contribution in [-0.2, 0) is 0 Å². The first-order valence-electron chi connectivity index (χ1n) is 6.19. The van der Waals surface area contributed by atoms with Crippen LogP contribution in [0.2, 0.25) is 0 Å². The van der Waals surface area contributed by atoms with Gasteiger partial charge in [-0.25, -0.2) is 4.98 Å². The fraction of sp³-hybridized carbons (Fsp3) is 0.615.